The molecular weight excluding hydrogens is 284 g/mol. The largest absolute Gasteiger partial charge is 0.453 e. The van der Waals surface area contributed by atoms with E-state index in [0.717, 1.165) is 5.56 Å². The second-order valence-electron chi connectivity index (χ2n) is 4.47. The molecule has 6 nitrogen and oxygen atoms in total. The van der Waals surface area contributed by atoms with Crippen molar-refractivity contribution in [1.82, 2.24) is 0 Å². The molecular formula is C16H16N2O4. The number of ether oxygens (including phenoxy) is 2. The van der Waals surface area contributed by atoms with Crippen molar-refractivity contribution >= 4 is 23.6 Å². The molecule has 0 atom stereocenters. The lowest BCUT2D eigenvalue weighted by Gasteiger charge is -2.10. The summed E-state index contributed by atoms with van der Waals surface area (Å²) in [5, 5.41) is 5.15. The van der Waals surface area contributed by atoms with Crippen LogP contribution in [0.3, 0.4) is 0 Å². The fourth-order valence-electron chi connectivity index (χ4n) is 1.76. The Bertz CT molecular complexity index is 685. The van der Waals surface area contributed by atoms with E-state index in [1.54, 1.807) is 24.3 Å². The van der Waals surface area contributed by atoms with Crippen LogP contribution < -0.4 is 15.4 Å². The van der Waals surface area contributed by atoms with Crippen LogP contribution in [0, 0.1) is 6.92 Å². The third-order valence-corrected chi connectivity index (χ3v) is 2.86. The van der Waals surface area contributed by atoms with E-state index in [1.807, 2.05) is 25.1 Å². The minimum Gasteiger partial charge on any atom is -0.453 e. The summed E-state index contributed by atoms with van der Waals surface area (Å²) < 4.78 is 9.68. The maximum absolute atomic E-state index is 11.9. The van der Waals surface area contributed by atoms with Crippen molar-refractivity contribution in [3.05, 3.63) is 54.1 Å². The van der Waals surface area contributed by atoms with Crippen LogP contribution in [-0.4, -0.2) is 19.3 Å². The molecule has 0 fully saturated rings. The molecule has 2 aromatic rings. The van der Waals surface area contributed by atoms with E-state index in [0.29, 0.717) is 17.1 Å². The SMILES string of the molecule is COC(=O)Nc1cccc(OC(=O)Nc2ccccc2C)c1. The number of amides is 2. The Morgan fingerprint density at radius 3 is 2.45 bits per heavy atom. The third kappa shape index (κ3) is 4.24. The van der Waals surface area contributed by atoms with E-state index >= 15 is 0 Å². The predicted molar refractivity (Wildman–Crippen MR) is 83.3 cm³/mol. The highest BCUT2D eigenvalue weighted by Gasteiger charge is 2.08. The summed E-state index contributed by atoms with van der Waals surface area (Å²) in [4.78, 5) is 23.0. The Labute approximate surface area is 128 Å². The zero-order valence-electron chi connectivity index (χ0n) is 12.3. The molecule has 0 aliphatic carbocycles. The van der Waals surface area contributed by atoms with Gasteiger partial charge in [0.15, 0.2) is 0 Å². The van der Waals surface area contributed by atoms with Gasteiger partial charge in [0.25, 0.3) is 0 Å². The van der Waals surface area contributed by atoms with Crippen molar-refractivity contribution < 1.29 is 19.1 Å². The molecule has 0 aromatic heterocycles. The van der Waals surface area contributed by atoms with Crippen LogP contribution in [0.5, 0.6) is 5.75 Å². The fourth-order valence-corrected chi connectivity index (χ4v) is 1.76. The lowest BCUT2D eigenvalue weighted by atomic mass is 10.2. The molecule has 6 heteroatoms. The van der Waals surface area contributed by atoms with Gasteiger partial charge in [-0.05, 0) is 30.7 Å². The normalized spacial score (nSPS) is 9.73. The first-order valence-corrected chi connectivity index (χ1v) is 6.58. The lowest BCUT2D eigenvalue weighted by Crippen LogP contribution is -2.17. The van der Waals surface area contributed by atoms with Gasteiger partial charge in [0.1, 0.15) is 5.75 Å². The fraction of sp³-hybridized carbons (Fsp3) is 0.125. The Hall–Kier alpha value is -3.02. The van der Waals surface area contributed by atoms with Gasteiger partial charge in [-0.1, -0.05) is 24.3 Å². The van der Waals surface area contributed by atoms with Crippen molar-refractivity contribution in [2.45, 2.75) is 6.92 Å². The number of aryl methyl sites for hydroxylation is 1. The van der Waals surface area contributed by atoms with E-state index < -0.39 is 12.2 Å². The lowest BCUT2D eigenvalue weighted by molar-refractivity contribution is 0.187. The van der Waals surface area contributed by atoms with Gasteiger partial charge in [-0.25, -0.2) is 9.59 Å². The van der Waals surface area contributed by atoms with Crippen LogP contribution in [0.4, 0.5) is 21.0 Å². The average molecular weight is 300 g/mol. The predicted octanol–water partition coefficient (Wildman–Crippen LogP) is 3.78. The number of anilines is 2. The van der Waals surface area contributed by atoms with Crippen molar-refractivity contribution in [3.63, 3.8) is 0 Å². The molecule has 2 N–H and O–H groups in total. The van der Waals surface area contributed by atoms with Crippen molar-refractivity contribution in [3.8, 4) is 5.75 Å². The second-order valence-corrected chi connectivity index (χ2v) is 4.47. The van der Waals surface area contributed by atoms with Crippen LogP contribution in [0.25, 0.3) is 0 Å². The summed E-state index contributed by atoms with van der Waals surface area (Å²) in [6, 6.07) is 13.8. The highest BCUT2D eigenvalue weighted by Crippen LogP contribution is 2.19. The third-order valence-electron chi connectivity index (χ3n) is 2.86. The number of nitrogens with one attached hydrogen (secondary N) is 2. The van der Waals surface area contributed by atoms with E-state index in [-0.39, 0.29) is 0 Å². The summed E-state index contributed by atoms with van der Waals surface area (Å²) in [6.45, 7) is 1.89. The van der Waals surface area contributed by atoms with Crippen LogP contribution in [0.2, 0.25) is 0 Å². The summed E-state index contributed by atoms with van der Waals surface area (Å²) in [5.41, 5.74) is 2.07. The highest BCUT2D eigenvalue weighted by atomic mass is 16.6. The summed E-state index contributed by atoms with van der Waals surface area (Å²) in [5.74, 6) is 0.306. The monoisotopic (exact) mass is 300 g/mol. The maximum Gasteiger partial charge on any atom is 0.417 e. The van der Waals surface area contributed by atoms with Gasteiger partial charge >= 0.3 is 12.2 Å². The van der Waals surface area contributed by atoms with E-state index in [4.69, 9.17) is 4.74 Å². The van der Waals surface area contributed by atoms with Crippen LogP contribution in [-0.2, 0) is 4.74 Å². The van der Waals surface area contributed by atoms with Crippen LogP contribution >= 0.6 is 0 Å². The topological polar surface area (TPSA) is 76.7 Å². The average Bonchev–Trinajstić information content (AvgIpc) is 2.50. The van der Waals surface area contributed by atoms with Crippen molar-refractivity contribution in [2.24, 2.45) is 0 Å². The molecule has 0 saturated carbocycles. The molecule has 0 aliphatic rings. The van der Waals surface area contributed by atoms with Gasteiger partial charge < -0.3 is 9.47 Å². The molecule has 0 saturated heterocycles. The highest BCUT2D eigenvalue weighted by molar-refractivity contribution is 5.88. The molecule has 0 bridgehead atoms. The van der Waals surface area contributed by atoms with Crippen molar-refractivity contribution in [2.75, 3.05) is 17.7 Å². The Kier molecular flexibility index (Phi) is 4.98. The first-order chi connectivity index (χ1) is 10.6. The Balaban J connectivity index is 2.01. The smallest absolute Gasteiger partial charge is 0.417 e. The molecule has 22 heavy (non-hydrogen) atoms. The number of rotatable bonds is 3. The number of hydrogen-bond acceptors (Lipinski definition) is 4. The van der Waals surface area contributed by atoms with Gasteiger partial charge in [-0.15, -0.1) is 0 Å². The molecule has 2 aromatic carbocycles. The van der Waals surface area contributed by atoms with Gasteiger partial charge in [0.2, 0.25) is 0 Å². The molecule has 0 spiro atoms. The maximum atomic E-state index is 11.9. The zero-order chi connectivity index (χ0) is 15.9. The number of methoxy groups -OCH3 is 1. The second kappa shape index (κ2) is 7.12. The minimum atomic E-state index is -0.607. The Morgan fingerprint density at radius 2 is 1.73 bits per heavy atom. The van der Waals surface area contributed by atoms with Gasteiger partial charge in [0, 0.05) is 17.4 Å². The van der Waals surface area contributed by atoms with E-state index in [9.17, 15) is 9.59 Å². The molecule has 0 radical (unpaired) electrons. The number of carbonyl (C=O) groups excluding carboxylic acids is 2. The standard InChI is InChI=1S/C16H16N2O4/c1-11-6-3-4-9-14(11)18-16(20)22-13-8-5-7-12(10-13)17-15(19)21-2/h3-10H,1-2H3,(H,17,19)(H,18,20). The summed E-state index contributed by atoms with van der Waals surface area (Å²) in [7, 11) is 1.27. The first-order valence-electron chi connectivity index (χ1n) is 6.58. The van der Waals surface area contributed by atoms with Gasteiger partial charge in [0.05, 0.1) is 7.11 Å². The summed E-state index contributed by atoms with van der Waals surface area (Å²) in [6.07, 6.45) is -1.20. The molecule has 114 valence electrons. The zero-order valence-corrected chi connectivity index (χ0v) is 12.3. The summed E-state index contributed by atoms with van der Waals surface area (Å²) >= 11 is 0. The Morgan fingerprint density at radius 1 is 0.955 bits per heavy atom. The molecule has 0 aliphatic heterocycles. The minimum absolute atomic E-state index is 0.306. The van der Waals surface area contributed by atoms with Crippen LogP contribution in [0.15, 0.2) is 48.5 Å². The molecule has 0 heterocycles. The number of hydrogen-bond donors (Lipinski definition) is 2. The number of carbonyl (C=O) groups is 2. The van der Waals surface area contributed by atoms with E-state index in [2.05, 4.69) is 15.4 Å². The number of benzene rings is 2. The molecule has 2 amide bonds. The van der Waals surface area contributed by atoms with Gasteiger partial charge in [-0.2, -0.15) is 0 Å². The van der Waals surface area contributed by atoms with Gasteiger partial charge in [-0.3, -0.25) is 10.6 Å². The first kappa shape index (κ1) is 15.4. The molecule has 0 unspecified atom stereocenters. The molecule has 2 rings (SSSR count). The quantitative estimate of drug-likeness (QED) is 0.904. The number of para-hydroxylation sites is 1. The van der Waals surface area contributed by atoms with Crippen molar-refractivity contribution in [1.29, 1.82) is 0 Å². The van der Waals surface area contributed by atoms with Crippen LogP contribution in [0.1, 0.15) is 5.56 Å². The van der Waals surface area contributed by atoms with E-state index in [1.165, 1.54) is 13.2 Å².